The van der Waals surface area contributed by atoms with E-state index in [4.69, 9.17) is 4.74 Å². The van der Waals surface area contributed by atoms with Crippen LogP contribution in [0.25, 0.3) is 11.4 Å². The van der Waals surface area contributed by atoms with E-state index in [1.54, 1.807) is 24.3 Å². The zero-order valence-corrected chi connectivity index (χ0v) is 27.2. The molecule has 3 aromatic rings. The standard InChI is InChI=1S/C39H53FN2O2/c1-3-5-7-9-10-12-14-16-31-28-41-38(42-29-31)33-21-24-35(25-22-33)44-39(43)34-23-26-36(37(40)27-34)32-19-17-30(18-20-32)15-13-11-8-6-4-2/h21-30,32H,3-20H2,1-2H3. The van der Waals surface area contributed by atoms with Gasteiger partial charge in [0.15, 0.2) is 5.82 Å². The average molecular weight is 601 g/mol. The Kier molecular flexibility index (Phi) is 14.3. The van der Waals surface area contributed by atoms with Gasteiger partial charge in [0.05, 0.1) is 5.56 Å². The summed E-state index contributed by atoms with van der Waals surface area (Å²) in [6.45, 7) is 4.50. The summed E-state index contributed by atoms with van der Waals surface area (Å²) in [5.74, 6) is 1.21. The fourth-order valence-electron chi connectivity index (χ4n) is 6.54. The van der Waals surface area contributed by atoms with E-state index >= 15 is 4.39 Å². The lowest BCUT2D eigenvalue weighted by molar-refractivity contribution is 0.0734. The summed E-state index contributed by atoms with van der Waals surface area (Å²) in [7, 11) is 0. The van der Waals surface area contributed by atoms with E-state index in [0.717, 1.165) is 41.9 Å². The minimum atomic E-state index is -0.555. The second-order valence-corrected chi connectivity index (χ2v) is 12.9. The number of carbonyl (C=O) groups is 1. The molecule has 1 aromatic heterocycles. The molecule has 1 aliphatic rings. The number of rotatable bonds is 18. The Morgan fingerprint density at radius 3 is 2.02 bits per heavy atom. The van der Waals surface area contributed by atoms with Gasteiger partial charge in [0.25, 0.3) is 0 Å². The molecule has 0 amide bonds. The van der Waals surface area contributed by atoms with Crippen molar-refractivity contribution in [1.82, 2.24) is 9.97 Å². The molecule has 44 heavy (non-hydrogen) atoms. The van der Waals surface area contributed by atoms with E-state index in [-0.39, 0.29) is 17.3 Å². The summed E-state index contributed by atoms with van der Waals surface area (Å²) in [6, 6.07) is 12.0. The largest absolute Gasteiger partial charge is 0.423 e. The number of hydrogen-bond donors (Lipinski definition) is 0. The van der Waals surface area contributed by atoms with Crippen molar-refractivity contribution in [1.29, 1.82) is 0 Å². The maximum absolute atomic E-state index is 15.1. The predicted molar refractivity (Wildman–Crippen MR) is 179 cm³/mol. The quantitative estimate of drug-likeness (QED) is 0.0828. The molecule has 0 spiro atoms. The lowest BCUT2D eigenvalue weighted by Crippen LogP contribution is -2.15. The molecule has 1 heterocycles. The van der Waals surface area contributed by atoms with Crippen molar-refractivity contribution in [2.45, 2.75) is 135 Å². The highest BCUT2D eigenvalue weighted by atomic mass is 19.1. The molecule has 0 atom stereocenters. The second-order valence-electron chi connectivity index (χ2n) is 12.9. The molecule has 4 nitrogen and oxygen atoms in total. The van der Waals surface area contributed by atoms with Crippen LogP contribution in [-0.2, 0) is 6.42 Å². The molecule has 0 unspecified atom stereocenters. The highest BCUT2D eigenvalue weighted by molar-refractivity contribution is 5.91. The van der Waals surface area contributed by atoms with Gasteiger partial charge in [0, 0.05) is 18.0 Å². The Morgan fingerprint density at radius 1 is 0.773 bits per heavy atom. The molecule has 1 fully saturated rings. The molecule has 0 aliphatic heterocycles. The van der Waals surface area contributed by atoms with Crippen LogP contribution in [0.15, 0.2) is 54.9 Å². The van der Waals surface area contributed by atoms with E-state index < -0.39 is 5.97 Å². The minimum absolute atomic E-state index is 0.232. The number of hydrogen-bond acceptors (Lipinski definition) is 4. The lowest BCUT2D eigenvalue weighted by atomic mass is 9.76. The van der Waals surface area contributed by atoms with Gasteiger partial charge in [-0.1, -0.05) is 97.0 Å². The van der Waals surface area contributed by atoms with Crippen molar-refractivity contribution in [2.75, 3.05) is 0 Å². The highest BCUT2D eigenvalue weighted by Crippen LogP contribution is 2.39. The van der Waals surface area contributed by atoms with E-state index in [1.807, 2.05) is 24.5 Å². The lowest BCUT2D eigenvalue weighted by Gasteiger charge is -2.29. The number of esters is 1. The van der Waals surface area contributed by atoms with Gasteiger partial charge in [0.2, 0.25) is 0 Å². The summed E-state index contributed by atoms with van der Waals surface area (Å²) in [5.41, 5.74) is 2.98. The Hall–Kier alpha value is -3.08. The van der Waals surface area contributed by atoms with Crippen molar-refractivity contribution in [3.8, 4) is 17.1 Å². The number of halogens is 1. The van der Waals surface area contributed by atoms with Crippen LogP contribution in [-0.4, -0.2) is 15.9 Å². The van der Waals surface area contributed by atoms with E-state index in [1.165, 1.54) is 102 Å². The predicted octanol–water partition coefficient (Wildman–Crippen LogP) is 11.4. The van der Waals surface area contributed by atoms with Crippen molar-refractivity contribution in [3.05, 3.63) is 77.4 Å². The number of unbranched alkanes of at least 4 members (excludes halogenated alkanes) is 10. The van der Waals surface area contributed by atoms with E-state index in [2.05, 4.69) is 23.8 Å². The molecular weight excluding hydrogens is 547 g/mol. The van der Waals surface area contributed by atoms with Gasteiger partial charge < -0.3 is 4.74 Å². The fourth-order valence-corrected chi connectivity index (χ4v) is 6.54. The van der Waals surface area contributed by atoms with E-state index in [9.17, 15) is 4.79 Å². The summed E-state index contributed by atoms with van der Waals surface area (Å²) < 4.78 is 20.7. The van der Waals surface area contributed by atoms with Gasteiger partial charge in [-0.3, -0.25) is 0 Å². The van der Waals surface area contributed by atoms with Gasteiger partial charge in [-0.05, 0) is 97.9 Å². The third-order valence-electron chi connectivity index (χ3n) is 9.34. The van der Waals surface area contributed by atoms with Crippen LogP contribution in [0.1, 0.15) is 150 Å². The number of carbonyl (C=O) groups excluding carboxylic acids is 1. The van der Waals surface area contributed by atoms with Crippen LogP contribution >= 0.6 is 0 Å². The van der Waals surface area contributed by atoms with E-state index in [0.29, 0.717) is 11.6 Å². The van der Waals surface area contributed by atoms with Gasteiger partial charge in [-0.25, -0.2) is 19.2 Å². The average Bonchev–Trinajstić information content (AvgIpc) is 3.05. The van der Waals surface area contributed by atoms with Crippen LogP contribution in [0.5, 0.6) is 5.75 Å². The Labute approximate surface area is 265 Å². The van der Waals surface area contributed by atoms with Crippen LogP contribution in [0.2, 0.25) is 0 Å². The Balaban J connectivity index is 1.21. The van der Waals surface area contributed by atoms with Crippen molar-refractivity contribution >= 4 is 5.97 Å². The smallest absolute Gasteiger partial charge is 0.343 e. The first-order valence-corrected chi connectivity index (χ1v) is 17.5. The molecule has 5 heteroatoms. The molecule has 4 rings (SSSR count). The van der Waals surface area contributed by atoms with Crippen molar-refractivity contribution in [3.63, 3.8) is 0 Å². The summed E-state index contributed by atoms with van der Waals surface area (Å²) in [4.78, 5) is 21.9. The Bertz CT molecular complexity index is 1250. The molecule has 1 aliphatic carbocycles. The third kappa shape index (κ3) is 10.8. The van der Waals surface area contributed by atoms with Crippen molar-refractivity contribution < 1.29 is 13.9 Å². The van der Waals surface area contributed by atoms with Gasteiger partial charge >= 0.3 is 5.97 Å². The summed E-state index contributed by atoms with van der Waals surface area (Å²) >= 11 is 0. The zero-order chi connectivity index (χ0) is 31.0. The van der Waals surface area contributed by atoms with Crippen molar-refractivity contribution in [2.24, 2.45) is 5.92 Å². The molecule has 0 N–H and O–H groups in total. The number of aryl methyl sites for hydroxylation is 1. The maximum atomic E-state index is 15.1. The Morgan fingerprint density at radius 2 is 1.39 bits per heavy atom. The molecule has 2 aromatic carbocycles. The minimum Gasteiger partial charge on any atom is -0.423 e. The van der Waals surface area contributed by atoms with Crippen LogP contribution in [0.3, 0.4) is 0 Å². The highest BCUT2D eigenvalue weighted by Gasteiger charge is 2.25. The van der Waals surface area contributed by atoms with Crippen LogP contribution in [0.4, 0.5) is 4.39 Å². The third-order valence-corrected chi connectivity index (χ3v) is 9.34. The van der Waals surface area contributed by atoms with Crippen LogP contribution in [0, 0.1) is 11.7 Å². The molecule has 238 valence electrons. The fraction of sp³-hybridized carbons (Fsp3) is 0.564. The zero-order valence-electron chi connectivity index (χ0n) is 27.2. The summed E-state index contributed by atoms with van der Waals surface area (Å²) in [5, 5.41) is 0. The first-order valence-electron chi connectivity index (χ1n) is 17.5. The molecule has 0 radical (unpaired) electrons. The number of ether oxygens (including phenoxy) is 1. The number of nitrogens with zero attached hydrogens (tertiary/aromatic N) is 2. The number of benzene rings is 2. The normalized spacial score (nSPS) is 16.6. The first kappa shape index (κ1) is 33.8. The van der Waals surface area contributed by atoms with Gasteiger partial charge in [-0.2, -0.15) is 0 Å². The molecule has 0 bridgehead atoms. The maximum Gasteiger partial charge on any atom is 0.343 e. The first-order chi connectivity index (χ1) is 21.6. The molecule has 1 saturated carbocycles. The monoisotopic (exact) mass is 600 g/mol. The molecular formula is C39H53FN2O2. The van der Waals surface area contributed by atoms with Crippen LogP contribution < -0.4 is 4.74 Å². The summed E-state index contributed by atoms with van der Waals surface area (Å²) in [6.07, 6.45) is 26.2. The van der Waals surface area contributed by atoms with Gasteiger partial charge in [0.1, 0.15) is 11.6 Å². The number of aromatic nitrogens is 2. The van der Waals surface area contributed by atoms with Gasteiger partial charge in [-0.15, -0.1) is 0 Å². The molecule has 0 saturated heterocycles. The topological polar surface area (TPSA) is 52.1 Å². The second kappa shape index (κ2) is 18.7. The SMILES string of the molecule is CCCCCCCCCc1cnc(-c2ccc(OC(=O)c3ccc(C4CCC(CCCCCCC)CC4)c(F)c3)cc2)nc1.